The van der Waals surface area contributed by atoms with Crippen molar-refractivity contribution in [2.24, 2.45) is 0 Å². The van der Waals surface area contributed by atoms with E-state index in [1.807, 2.05) is 54.0 Å². The number of halogens is 3. The SMILES string of the molecule is CCn1c(CNc2cccc(C(F)(F)F)c2)nnc1S[C@H](C)C(=O)Nc1cccc2ccccc12. The lowest BCUT2D eigenvalue weighted by atomic mass is 10.1. The normalized spacial score (nSPS) is 12.5. The zero-order valence-corrected chi connectivity index (χ0v) is 20.0. The lowest BCUT2D eigenvalue weighted by Gasteiger charge is -2.14. The fourth-order valence-corrected chi connectivity index (χ4v) is 4.55. The molecule has 3 aromatic carbocycles. The molecule has 0 aliphatic carbocycles. The molecule has 0 aliphatic rings. The van der Waals surface area contributed by atoms with Gasteiger partial charge in [-0.05, 0) is 43.5 Å². The Bertz CT molecular complexity index is 1330. The van der Waals surface area contributed by atoms with Crippen molar-refractivity contribution in [1.82, 2.24) is 14.8 Å². The summed E-state index contributed by atoms with van der Waals surface area (Å²) in [6.07, 6.45) is -4.41. The van der Waals surface area contributed by atoms with Gasteiger partial charge < -0.3 is 15.2 Å². The molecular formula is C25H24F3N5OS. The highest BCUT2D eigenvalue weighted by Crippen LogP contribution is 2.31. The second-order valence-corrected chi connectivity index (χ2v) is 9.16. The predicted molar refractivity (Wildman–Crippen MR) is 132 cm³/mol. The van der Waals surface area contributed by atoms with Crippen LogP contribution in [0.15, 0.2) is 71.9 Å². The molecule has 35 heavy (non-hydrogen) atoms. The summed E-state index contributed by atoms with van der Waals surface area (Å²) in [5.41, 5.74) is 0.354. The maximum absolute atomic E-state index is 13.0. The molecule has 0 saturated heterocycles. The first-order valence-electron chi connectivity index (χ1n) is 11.0. The molecule has 0 aliphatic heterocycles. The van der Waals surface area contributed by atoms with E-state index in [-0.39, 0.29) is 12.5 Å². The molecule has 6 nitrogen and oxygen atoms in total. The smallest absolute Gasteiger partial charge is 0.378 e. The Labute approximate surface area is 204 Å². The van der Waals surface area contributed by atoms with E-state index in [1.165, 1.54) is 17.8 Å². The number of thioether (sulfide) groups is 1. The monoisotopic (exact) mass is 499 g/mol. The summed E-state index contributed by atoms with van der Waals surface area (Å²) in [5.74, 6) is 0.398. The zero-order valence-electron chi connectivity index (χ0n) is 19.1. The minimum atomic E-state index is -4.41. The quantitative estimate of drug-likeness (QED) is 0.283. The van der Waals surface area contributed by atoms with Crippen molar-refractivity contribution in [3.8, 4) is 0 Å². The average molecular weight is 500 g/mol. The summed E-state index contributed by atoms with van der Waals surface area (Å²) < 4.78 is 40.7. The lowest BCUT2D eigenvalue weighted by Crippen LogP contribution is -2.23. The van der Waals surface area contributed by atoms with Crippen LogP contribution in [0.1, 0.15) is 25.2 Å². The fraction of sp³-hybridized carbons (Fsp3) is 0.240. The number of carbonyl (C=O) groups is 1. The van der Waals surface area contributed by atoms with Gasteiger partial charge in [-0.2, -0.15) is 13.2 Å². The summed E-state index contributed by atoms with van der Waals surface area (Å²) in [7, 11) is 0. The largest absolute Gasteiger partial charge is 0.416 e. The van der Waals surface area contributed by atoms with E-state index < -0.39 is 17.0 Å². The Hall–Kier alpha value is -3.53. The summed E-state index contributed by atoms with van der Waals surface area (Å²) >= 11 is 1.28. The third kappa shape index (κ3) is 5.76. The van der Waals surface area contributed by atoms with E-state index in [2.05, 4.69) is 20.8 Å². The number of hydrogen-bond donors (Lipinski definition) is 2. The van der Waals surface area contributed by atoms with Crippen LogP contribution in [0, 0.1) is 0 Å². The summed E-state index contributed by atoms with van der Waals surface area (Å²) in [6, 6.07) is 18.6. The van der Waals surface area contributed by atoms with Gasteiger partial charge in [0, 0.05) is 23.3 Å². The minimum absolute atomic E-state index is 0.166. The Morgan fingerprint density at radius 3 is 2.57 bits per heavy atom. The summed E-state index contributed by atoms with van der Waals surface area (Å²) in [6.45, 7) is 4.45. The third-order valence-electron chi connectivity index (χ3n) is 5.45. The van der Waals surface area contributed by atoms with Crippen LogP contribution >= 0.6 is 11.8 Å². The van der Waals surface area contributed by atoms with Gasteiger partial charge in [-0.15, -0.1) is 10.2 Å². The molecule has 4 aromatic rings. The third-order valence-corrected chi connectivity index (χ3v) is 6.53. The van der Waals surface area contributed by atoms with Crippen LogP contribution < -0.4 is 10.6 Å². The van der Waals surface area contributed by atoms with Gasteiger partial charge >= 0.3 is 6.18 Å². The molecule has 0 fully saturated rings. The number of carbonyl (C=O) groups excluding carboxylic acids is 1. The number of fused-ring (bicyclic) bond motifs is 1. The van der Waals surface area contributed by atoms with Crippen molar-refractivity contribution in [3.05, 3.63) is 78.1 Å². The molecule has 0 spiro atoms. The molecule has 4 rings (SSSR count). The van der Waals surface area contributed by atoms with Crippen LogP contribution in [-0.2, 0) is 24.1 Å². The topological polar surface area (TPSA) is 71.8 Å². The van der Waals surface area contributed by atoms with E-state index in [1.54, 1.807) is 13.0 Å². The second kappa shape index (κ2) is 10.4. The number of benzene rings is 3. The standard InChI is InChI=1S/C25H24F3N5OS/c1-3-33-22(15-29-19-11-7-10-18(14-19)25(26,27)28)31-32-24(33)35-16(2)23(34)30-21-13-6-9-17-8-4-5-12-20(17)21/h4-14,16,29H,3,15H2,1-2H3,(H,30,34)/t16-/m1/s1. The van der Waals surface area contributed by atoms with Crippen LogP contribution in [0.2, 0.25) is 0 Å². The van der Waals surface area contributed by atoms with E-state index >= 15 is 0 Å². The maximum Gasteiger partial charge on any atom is 0.416 e. The minimum Gasteiger partial charge on any atom is -0.378 e. The van der Waals surface area contributed by atoms with E-state index in [0.717, 1.165) is 28.6 Å². The van der Waals surface area contributed by atoms with E-state index in [4.69, 9.17) is 0 Å². The number of aromatic nitrogens is 3. The predicted octanol–water partition coefficient (Wildman–Crippen LogP) is 6.20. The molecule has 0 radical (unpaired) electrons. The number of rotatable bonds is 8. The molecule has 0 saturated carbocycles. The molecule has 10 heteroatoms. The number of hydrogen-bond acceptors (Lipinski definition) is 5. The van der Waals surface area contributed by atoms with Gasteiger partial charge in [0.15, 0.2) is 11.0 Å². The molecule has 1 amide bonds. The highest BCUT2D eigenvalue weighted by molar-refractivity contribution is 8.00. The van der Waals surface area contributed by atoms with E-state index in [9.17, 15) is 18.0 Å². The Kier molecular flexibility index (Phi) is 7.30. The van der Waals surface area contributed by atoms with Crippen molar-refractivity contribution in [2.45, 2.75) is 43.5 Å². The number of nitrogens with one attached hydrogen (secondary N) is 2. The van der Waals surface area contributed by atoms with Gasteiger partial charge in [0.05, 0.1) is 17.4 Å². The fourth-order valence-electron chi connectivity index (χ4n) is 3.62. The number of amides is 1. The number of nitrogens with zero attached hydrogens (tertiary/aromatic N) is 3. The highest BCUT2D eigenvalue weighted by atomic mass is 32.2. The molecule has 0 unspecified atom stereocenters. The molecule has 0 bridgehead atoms. The summed E-state index contributed by atoms with van der Waals surface area (Å²) in [5, 5.41) is 16.5. The summed E-state index contributed by atoms with van der Waals surface area (Å²) in [4.78, 5) is 12.9. The second-order valence-electron chi connectivity index (χ2n) is 7.85. The van der Waals surface area contributed by atoms with Crippen molar-refractivity contribution in [1.29, 1.82) is 0 Å². The van der Waals surface area contributed by atoms with Gasteiger partial charge in [0.2, 0.25) is 5.91 Å². The van der Waals surface area contributed by atoms with Crippen molar-refractivity contribution >= 4 is 39.8 Å². The van der Waals surface area contributed by atoms with E-state index in [0.29, 0.717) is 23.2 Å². The Morgan fingerprint density at radius 1 is 1.06 bits per heavy atom. The first kappa shape index (κ1) is 24.6. The van der Waals surface area contributed by atoms with Crippen LogP contribution in [0.4, 0.5) is 24.5 Å². The Morgan fingerprint density at radius 2 is 1.80 bits per heavy atom. The molecule has 1 aromatic heterocycles. The van der Waals surface area contributed by atoms with Gasteiger partial charge in [-0.1, -0.05) is 54.2 Å². The van der Waals surface area contributed by atoms with Gasteiger partial charge in [-0.25, -0.2) is 0 Å². The van der Waals surface area contributed by atoms with Crippen LogP contribution in [0.5, 0.6) is 0 Å². The molecule has 1 atom stereocenters. The molecule has 182 valence electrons. The van der Waals surface area contributed by atoms with Gasteiger partial charge in [0.25, 0.3) is 0 Å². The Balaban J connectivity index is 1.43. The molecule has 1 heterocycles. The average Bonchev–Trinajstić information content (AvgIpc) is 3.23. The number of alkyl halides is 3. The molecule has 2 N–H and O–H groups in total. The van der Waals surface area contributed by atoms with Gasteiger partial charge in [0.1, 0.15) is 0 Å². The van der Waals surface area contributed by atoms with Crippen molar-refractivity contribution in [3.63, 3.8) is 0 Å². The lowest BCUT2D eigenvalue weighted by molar-refractivity contribution is -0.137. The van der Waals surface area contributed by atoms with Crippen molar-refractivity contribution < 1.29 is 18.0 Å². The van der Waals surface area contributed by atoms with Gasteiger partial charge in [-0.3, -0.25) is 4.79 Å². The number of anilines is 2. The first-order valence-corrected chi connectivity index (χ1v) is 11.9. The maximum atomic E-state index is 13.0. The van der Waals surface area contributed by atoms with Crippen LogP contribution in [0.25, 0.3) is 10.8 Å². The zero-order chi connectivity index (χ0) is 25.0. The van der Waals surface area contributed by atoms with Crippen LogP contribution in [0.3, 0.4) is 0 Å². The molecular weight excluding hydrogens is 475 g/mol. The van der Waals surface area contributed by atoms with Crippen LogP contribution in [-0.4, -0.2) is 25.9 Å². The first-order chi connectivity index (χ1) is 16.8. The van der Waals surface area contributed by atoms with Crippen molar-refractivity contribution in [2.75, 3.05) is 10.6 Å². The highest BCUT2D eigenvalue weighted by Gasteiger charge is 2.30.